The van der Waals surface area contributed by atoms with Crippen molar-refractivity contribution in [3.05, 3.63) is 28.2 Å². The van der Waals surface area contributed by atoms with Crippen LogP contribution in [0.5, 0.6) is 0 Å². The molecule has 0 aromatic heterocycles. The van der Waals surface area contributed by atoms with E-state index in [1.165, 1.54) is 17.7 Å². The molecule has 0 fully saturated rings. The van der Waals surface area contributed by atoms with Crippen LogP contribution < -0.4 is 10.6 Å². The summed E-state index contributed by atoms with van der Waals surface area (Å²) in [5.74, 6) is 0. The second-order valence-corrected chi connectivity index (χ2v) is 6.09. The number of hydrogen-bond donors (Lipinski definition) is 1. The summed E-state index contributed by atoms with van der Waals surface area (Å²) >= 11 is 3.67. The fraction of sp³-hybridized carbons (Fsp3) is 0.600. The van der Waals surface area contributed by atoms with Crippen LogP contribution >= 0.6 is 15.9 Å². The predicted octanol–water partition coefficient (Wildman–Crippen LogP) is 3.25. The lowest BCUT2D eigenvalue weighted by molar-refractivity contribution is 0.400. The Morgan fingerprint density at radius 1 is 1.26 bits per heavy atom. The molecule has 1 rings (SSSR count). The topological polar surface area (TPSA) is 32.5 Å². The first-order chi connectivity index (χ1) is 8.95. The van der Waals surface area contributed by atoms with Gasteiger partial charge < -0.3 is 15.5 Å². The standard InChI is InChI=1S/C15H26BrN3/c1-5-19(10-6-9-18(3)4)15-8-7-13(12(2)17)11-14(15)16/h7-8,11-12H,5-6,9-10,17H2,1-4H3/t12-/m1/s1. The van der Waals surface area contributed by atoms with E-state index in [1.807, 2.05) is 6.92 Å². The van der Waals surface area contributed by atoms with E-state index in [9.17, 15) is 0 Å². The molecule has 0 saturated heterocycles. The minimum atomic E-state index is 0.0779. The Balaban J connectivity index is 2.75. The van der Waals surface area contributed by atoms with Gasteiger partial charge in [0.1, 0.15) is 0 Å². The van der Waals surface area contributed by atoms with Crippen LogP contribution in [0.3, 0.4) is 0 Å². The molecule has 0 amide bonds. The van der Waals surface area contributed by atoms with Crippen molar-refractivity contribution in [3.63, 3.8) is 0 Å². The highest BCUT2D eigenvalue weighted by molar-refractivity contribution is 9.10. The Labute approximate surface area is 125 Å². The van der Waals surface area contributed by atoms with Crippen LogP contribution in [-0.2, 0) is 0 Å². The molecule has 1 aromatic rings. The van der Waals surface area contributed by atoms with Crippen molar-refractivity contribution in [2.75, 3.05) is 38.6 Å². The van der Waals surface area contributed by atoms with E-state index in [2.05, 4.69) is 64.9 Å². The van der Waals surface area contributed by atoms with Crippen LogP contribution in [0, 0.1) is 0 Å². The largest absolute Gasteiger partial charge is 0.371 e. The number of halogens is 1. The first-order valence-corrected chi connectivity index (χ1v) is 7.69. The number of nitrogens with two attached hydrogens (primary N) is 1. The molecular weight excluding hydrogens is 302 g/mol. The smallest absolute Gasteiger partial charge is 0.0510 e. The van der Waals surface area contributed by atoms with Gasteiger partial charge in [-0.3, -0.25) is 0 Å². The zero-order valence-electron chi connectivity index (χ0n) is 12.5. The number of nitrogens with zero attached hydrogens (tertiary/aromatic N) is 2. The van der Waals surface area contributed by atoms with Gasteiger partial charge in [-0.2, -0.15) is 0 Å². The van der Waals surface area contributed by atoms with Crippen molar-refractivity contribution in [2.24, 2.45) is 5.73 Å². The van der Waals surface area contributed by atoms with Gasteiger partial charge >= 0.3 is 0 Å². The molecule has 0 aliphatic rings. The molecule has 0 spiro atoms. The lowest BCUT2D eigenvalue weighted by atomic mass is 10.1. The van der Waals surface area contributed by atoms with Gasteiger partial charge in [-0.25, -0.2) is 0 Å². The fourth-order valence-corrected chi connectivity index (χ4v) is 2.74. The highest BCUT2D eigenvalue weighted by Crippen LogP contribution is 2.29. The van der Waals surface area contributed by atoms with Gasteiger partial charge in [-0.1, -0.05) is 6.07 Å². The molecule has 0 aliphatic heterocycles. The third-order valence-corrected chi connectivity index (χ3v) is 3.89. The van der Waals surface area contributed by atoms with Gasteiger partial charge in [-0.05, 0) is 74.5 Å². The van der Waals surface area contributed by atoms with Crippen LogP contribution in [0.25, 0.3) is 0 Å². The van der Waals surface area contributed by atoms with Crippen molar-refractivity contribution in [1.82, 2.24) is 4.90 Å². The molecule has 1 aromatic carbocycles. The molecule has 3 nitrogen and oxygen atoms in total. The normalized spacial score (nSPS) is 12.8. The van der Waals surface area contributed by atoms with E-state index in [0.29, 0.717) is 0 Å². The van der Waals surface area contributed by atoms with E-state index >= 15 is 0 Å². The van der Waals surface area contributed by atoms with Crippen LogP contribution in [0.4, 0.5) is 5.69 Å². The molecule has 0 unspecified atom stereocenters. The van der Waals surface area contributed by atoms with Crippen LogP contribution in [0.1, 0.15) is 31.9 Å². The highest BCUT2D eigenvalue weighted by atomic mass is 79.9. The first kappa shape index (κ1) is 16.5. The van der Waals surface area contributed by atoms with Gasteiger partial charge in [0.05, 0.1) is 5.69 Å². The summed E-state index contributed by atoms with van der Waals surface area (Å²) in [5.41, 5.74) is 8.34. The molecule has 0 bridgehead atoms. The molecule has 108 valence electrons. The maximum absolute atomic E-state index is 5.91. The number of rotatable bonds is 7. The monoisotopic (exact) mass is 327 g/mol. The molecule has 0 heterocycles. The molecule has 0 aliphatic carbocycles. The average molecular weight is 328 g/mol. The SMILES string of the molecule is CCN(CCCN(C)C)c1ccc([C@@H](C)N)cc1Br. The molecular formula is C15H26BrN3. The Morgan fingerprint density at radius 2 is 1.95 bits per heavy atom. The van der Waals surface area contributed by atoms with E-state index in [1.54, 1.807) is 0 Å². The zero-order valence-corrected chi connectivity index (χ0v) is 14.1. The van der Waals surface area contributed by atoms with Gasteiger partial charge in [-0.15, -0.1) is 0 Å². The maximum Gasteiger partial charge on any atom is 0.0510 e. The van der Waals surface area contributed by atoms with Gasteiger partial charge in [0.25, 0.3) is 0 Å². The Hall–Kier alpha value is -0.580. The third kappa shape index (κ3) is 5.13. The molecule has 4 heteroatoms. The van der Waals surface area contributed by atoms with Gasteiger partial charge in [0.2, 0.25) is 0 Å². The summed E-state index contributed by atoms with van der Waals surface area (Å²) in [7, 11) is 4.23. The predicted molar refractivity (Wildman–Crippen MR) is 87.8 cm³/mol. The van der Waals surface area contributed by atoms with Crippen molar-refractivity contribution < 1.29 is 0 Å². The van der Waals surface area contributed by atoms with Crippen molar-refractivity contribution in [1.29, 1.82) is 0 Å². The summed E-state index contributed by atoms with van der Waals surface area (Å²) in [5, 5.41) is 0. The summed E-state index contributed by atoms with van der Waals surface area (Å²) in [4.78, 5) is 4.63. The van der Waals surface area contributed by atoms with E-state index in [-0.39, 0.29) is 6.04 Å². The quantitative estimate of drug-likeness (QED) is 0.834. The highest BCUT2D eigenvalue weighted by Gasteiger charge is 2.10. The summed E-state index contributed by atoms with van der Waals surface area (Å²) < 4.78 is 1.13. The maximum atomic E-state index is 5.91. The van der Waals surface area contributed by atoms with Crippen molar-refractivity contribution >= 4 is 21.6 Å². The van der Waals surface area contributed by atoms with Gasteiger partial charge in [0, 0.05) is 23.6 Å². The molecule has 2 N–H and O–H groups in total. The minimum Gasteiger partial charge on any atom is -0.371 e. The van der Waals surface area contributed by atoms with E-state index in [4.69, 9.17) is 5.73 Å². The lowest BCUT2D eigenvalue weighted by Crippen LogP contribution is -2.27. The number of benzene rings is 1. The average Bonchev–Trinajstić information content (AvgIpc) is 2.34. The Kier molecular flexibility index (Phi) is 6.83. The second kappa shape index (κ2) is 7.88. The zero-order chi connectivity index (χ0) is 14.4. The van der Waals surface area contributed by atoms with E-state index in [0.717, 1.165) is 24.1 Å². The Morgan fingerprint density at radius 3 is 2.42 bits per heavy atom. The lowest BCUT2D eigenvalue weighted by Gasteiger charge is -2.25. The third-order valence-electron chi connectivity index (χ3n) is 3.25. The van der Waals surface area contributed by atoms with Crippen LogP contribution in [-0.4, -0.2) is 38.6 Å². The fourth-order valence-electron chi connectivity index (χ4n) is 2.09. The van der Waals surface area contributed by atoms with Crippen molar-refractivity contribution in [2.45, 2.75) is 26.3 Å². The number of hydrogen-bond acceptors (Lipinski definition) is 3. The first-order valence-electron chi connectivity index (χ1n) is 6.90. The van der Waals surface area contributed by atoms with Crippen LogP contribution in [0.15, 0.2) is 22.7 Å². The summed E-state index contributed by atoms with van der Waals surface area (Å²) in [6, 6.07) is 6.50. The molecule has 0 radical (unpaired) electrons. The molecule has 19 heavy (non-hydrogen) atoms. The van der Waals surface area contributed by atoms with Crippen LogP contribution in [0.2, 0.25) is 0 Å². The summed E-state index contributed by atoms with van der Waals surface area (Å²) in [6.45, 7) is 7.41. The van der Waals surface area contributed by atoms with E-state index < -0.39 is 0 Å². The van der Waals surface area contributed by atoms with Gasteiger partial charge in [0.15, 0.2) is 0 Å². The Bertz CT molecular complexity index is 391. The van der Waals surface area contributed by atoms with Crippen molar-refractivity contribution in [3.8, 4) is 0 Å². The minimum absolute atomic E-state index is 0.0779. The molecule has 0 saturated carbocycles. The molecule has 1 atom stereocenters. The second-order valence-electron chi connectivity index (χ2n) is 5.24. The number of anilines is 1. The summed E-state index contributed by atoms with van der Waals surface area (Å²) in [6.07, 6.45) is 1.17.